The van der Waals surface area contributed by atoms with E-state index in [9.17, 15) is 8.78 Å². The van der Waals surface area contributed by atoms with Gasteiger partial charge in [-0.05, 0) is 0 Å². The van der Waals surface area contributed by atoms with E-state index < -0.39 is 6.29 Å². The number of rotatable bonds is 0. The predicted molar refractivity (Wildman–Crippen MR) is 43.9 cm³/mol. The first-order chi connectivity index (χ1) is 5.67. The molecule has 0 amide bonds. The van der Waals surface area contributed by atoms with Crippen LogP contribution in [-0.2, 0) is 9.47 Å². The summed E-state index contributed by atoms with van der Waals surface area (Å²) in [4.78, 5) is 0. The standard InChI is InChI=1S/C7H11F2NO2.ClH/c8-7(9)11-3-5-1-10-2-6(5)4-12-7;/h5-6,10H,1-4H2;1H/t5-,6+;. The lowest BCUT2D eigenvalue weighted by Crippen LogP contribution is -2.25. The number of halogens is 3. The molecule has 2 saturated heterocycles. The van der Waals surface area contributed by atoms with Crippen molar-refractivity contribution in [1.29, 1.82) is 0 Å². The van der Waals surface area contributed by atoms with Crippen molar-refractivity contribution in [2.75, 3.05) is 26.3 Å². The Morgan fingerprint density at radius 3 is 2.00 bits per heavy atom. The van der Waals surface area contributed by atoms with Crippen molar-refractivity contribution >= 4 is 12.4 Å². The van der Waals surface area contributed by atoms with Gasteiger partial charge in [0.05, 0.1) is 13.2 Å². The molecule has 2 fully saturated rings. The fourth-order valence-corrected chi connectivity index (χ4v) is 1.63. The maximum absolute atomic E-state index is 12.5. The molecule has 0 radical (unpaired) electrons. The van der Waals surface area contributed by atoms with Crippen LogP contribution in [0.5, 0.6) is 0 Å². The van der Waals surface area contributed by atoms with Crippen molar-refractivity contribution < 1.29 is 18.3 Å². The summed E-state index contributed by atoms with van der Waals surface area (Å²) in [5.74, 6) is 0.358. The zero-order valence-electron chi connectivity index (χ0n) is 6.96. The van der Waals surface area contributed by atoms with Gasteiger partial charge in [0.1, 0.15) is 0 Å². The average molecular weight is 216 g/mol. The molecule has 0 aromatic heterocycles. The van der Waals surface area contributed by atoms with Crippen molar-refractivity contribution in [2.24, 2.45) is 11.8 Å². The molecule has 0 aromatic rings. The smallest absolute Gasteiger partial charge is 0.316 e. The van der Waals surface area contributed by atoms with E-state index in [2.05, 4.69) is 14.8 Å². The van der Waals surface area contributed by atoms with Gasteiger partial charge in [-0.15, -0.1) is 21.2 Å². The monoisotopic (exact) mass is 215 g/mol. The predicted octanol–water partition coefficient (Wildman–Crippen LogP) is 0.841. The largest absolute Gasteiger partial charge is 0.485 e. The first kappa shape index (κ1) is 11.1. The fraction of sp³-hybridized carbons (Fsp3) is 1.00. The van der Waals surface area contributed by atoms with Crippen molar-refractivity contribution in [1.82, 2.24) is 5.32 Å². The second-order valence-corrected chi connectivity index (χ2v) is 3.26. The molecule has 0 aliphatic carbocycles. The summed E-state index contributed by atoms with van der Waals surface area (Å²) in [5, 5.41) is 3.11. The van der Waals surface area contributed by atoms with E-state index in [0.717, 1.165) is 13.1 Å². The van der Waals surface area contributed by atoms with Gasteiger partial charge in [-0.3, -0.25) is 9.47 Å². The molecular weight excluding hydrogens is 204 g/mol. The van der Waals surface area contributed by atoms with Gasteiger partial charge in [-0.25, -0.2) is 0 Å². The minimum atomic E-state index is -3.37. The lowest BCUT2D eigenvalue weighted by Gasteiger charge is -2.12. The second-order valence-electron chi connectivity index (χ2n) is 3.26. The molecular formula is C7H12ClF2NO2. The third kappa shape index (κ3) is 2.49. The van der Waals surface area contributed by atoms with Gasteiger partial charge < -0.3 is 5.32 Å². The van der Waals surface area contributed by atoms with Crippen molar-refractivity contribution in [3.8, 4) is 0 Å². The molecule has 2 aliphatic heterocycles. The number of alkyl halides is 2. The van der Waals surface area contributed by atoms with Crippen molar-refractivity contribution in [3.63, 3.8) is 0 Å². The molecule has 0 saturated carbocycles. The minimum absolute atomic E-state index is 0. The van der Waals surface area contributed by atoms with Crippen LogP contribution in [-0.4, -0.2) is 32.6 Å². The number of fused-ring (bicyclic) bond motifs is 1. The lowest BCUT2D eigenvalue weighted by molar-refractivity contribution is -0.387. The molecule has 0 bridgehead atoms. The third-order valence-corrected chi connectivity index (χ3v) is 2.41. The number of hydrogen-bond acceptors (Lipinski definition) is 3. The molecule has 78 valence electrons. The van der Waals surface area contributed by atoms with Gasteiger partial charge in [-0.2, -0.15) is 0 Å². The molecule has 1 N–H and O–H groups in total. The molecule has 6 heteroatoms. The highest BCUT2D eigenvalue weighted by Crippen LogP contribution is 2.28. The Labute approximate surface area is 81.2 Å². The van der Waals surface area contributed by atoms with Crippen LogP contribution in [0.2, 0.25) is 0 Å². The highest BCUT2D eigenvalue weighted by Gasteiger charge is 2.41. The van der Waals surface area contributed by atoms with Crippen LogP contribution < -0.4 is 5.32 Å². The van der Waals surface area contributed by atoms with Crippen molar-refractivity contribution in [3.05, 3.63) is 0 Å². The topological polar surface area (TPSA) is 30.5 Å². The Kier molecular flexibility index (Phi) is 3.45. The zero-order chi connectivity index (χ0) is 8.60. The lowest BCUT2D eigenvalue weighted by atomic mass is 9.98. The Hall–Kier alpha value is 0.0300. The number of nitrogens with one attached hydrogen (secondary N) is 1. The van der Waals surface area contributed by atoms with Crippen LogP contribution >= 0.6 is 12.4 Å². The molecule has 0 aromatic carbocycles. The Morgan fingerprint density at radius 1 is 1.08 bits per heavy atom. The molecule has 13 heavy (non-hydrogen) atoms. The highest BCUT2D eigenvalue weighted by molar-refractivity contribution is 5.85. The summed E-state index contributed by atoms with van der Waals surface area (Å²) < 4.78 is 33.6. The highest BCUT2D eigenvalue weighted by atomic mass is 35.5. The average Bonchev–Trinajstić information content (AvgIpc) is 2.40. The first-order valence-electron chi connectivity index (χ1n) is 4.04. The molecule has 2 atom stereocenters. The molecule has 2 aliphatic rings. The first-order valence-corrected chi connectivity index (χ1v) is 4.04. The number of ether oxygens (including phenoxy) is 2. The van der Waals surface area contributed by atoms with Gasteiger partial charge in [0, 0.05) is 24.9 Å². The maximum Gasteiger partial charge on any atom is 0.485 e. The second kappa shape index (κ2) is 4.04. The SMILES string of the molecule is Cl.FC1(F)OC[C@H]2CNC[C@H]2CO1. The van der Waals surface area contributed by atoms with Gasteiger partial charge in [-0.1, -0.05) is 0 Å². The van der Waals surface area contributed by atoms with Gasteiger partial charge in [0.25, 0.3) is 0 Å². The summed E-state index contributed by atoms with van der Waals surface area (Å²) in [5.41, 5.74) is 0. The Morgan fingerprint density at radius 2 is 1.54 bits per heavy atom. The van der Waals surface area contributed by atoms with Crippen LogP contribution in [0.4, 0.5) is 8.78 Å². The maximum atomic E-state index is 12.5. The Bertz CT molecular complexity index is 166. The fourth-order valence-electron chi connectivity index (χ4n) is 1.63. The van der Waals surface area contributed by atoms with Crippen LogP contribution in [0, 0.1) is 11.8 Å². The van der Waals surface area contributed by atoms with Crippen LogP contribution in [0.15, 0.2) is 0 Å². The van der Waals surface area contributed by atoms with E-state index in [1.54, 1.807) is 0 Å². The number of hydrogen-bond donors (Lipinski definition) is 1. The molecule has 3 nitrogen and oxygen atoms in total. The molecule has 0 spiro atoms. The normalized spacial score (nSPS) is 37.4. The van der Waals surface area contributed by atoms with E-state index in [-0.39, 0.29) is 37.5 Å². The summed E-state index contributed by atoms with van der Waals surface area (Å²) in [7, 11) is 0. The Balaban J connectivity index is 0.000000845. The minimum Gasteiger partial charge on any atom is -0.316 e. The summed E-state index contributed by atoms with van der Waals surface area (Å²) >= 11 is 0. The summed E-state index contributed by atoms with van der Waals surface area (Å²) in [6.45, 7) is 1.68. The van der Waals surface area contributed by atoms with E-state index in [4.69, 9.17) is 0 Å². The molecule has 2 rings (SSSR count). The van der Waals surface area contributed by atoms with Crippen molar-refractivity contribution in [2.45, 2.75) is 6.29 Å². The van der Waals surface area contributed by atoms with Gasteiger partial charge in [0.2, 0.25) is 0 Å². The summed E-state index contributed by atoms with van der Waals surface area (Å²) in [6.07, 6.45) is -3.37. The van der Waals surface area contributed by atoms with E-state index in [1.807, 2.05) is 0 Å². The van der Waals surface area contributed by atoms with E-state index in [0.29, 0.717) is 0 Å². The zero-order valence-corrected chi connectivity index (χ0v) is 7.78. The van der Waals surface area contributed by atoms with Gasteiger partial charge >= 0.3 is 6.29 Å². The quantitative estimate of drug-likeness (QED) is 0.650. The van der Waals surface area contributed by atoms with Crippen LogP contribution in [0.25, 0.3) is 0 Å². The van der Waals surface area contributed by atoms with Crippen LogP contribution in [0.1, 0.15) is 0 Å². The molecule has 0 unspecified atom stereocenters. The van der Waals surface area contributed by atoms with E-state index >= 15 is 0 Å². The summed E-state index contributed by atoms with van der Waals surface area (Å²) in [6, 6.07) is 0. The molecule has 2 heterocycles. The van der Waals surface area contributed by atoms with Crippen LogP contribution in [0.3, 0.4) is 0 Å². The van der Waals surface area contributed by atoms with E-state index in [1.165, 1.54) is 0 Å². The van der Waals surface area contributed by atoms with Gasteiger partial charge in [0.15, 0.2) is 0 Å². The third-order valence-electron chi connectivity index (χ3n) is 2.41.